The molecule has 2 N–H and O–H groups in total. The quantitative estimate of drug-likeness (QED) is 0.320. The summed E-state index contributed by atoms with van der Waals surface area (Å²) in [6.07, 6.45) is 1.73. The molecule has 0 aromatic heterocycles. The predicted octanol–water partition coefficient (Wildman–Crippen LogP) is 3.42. The van der Waals surface area contributed by atoms with Crippen LogP contribution >= 0.6 is 0 Å². The minimum atomic E-state index is -4.46. The van der Waals surface area contributed by atoms with Crippen LogP contribution in [0.4, 0.5) is 5.69 Å². The molecule has 2 aliphatic rings. The average Bonchev–Trinajstić information content (AvgIpc) is 3.01. The van der Waals surface area contributed by atoms with E-state index in [-0.39, 0.29) is 28.5 Å². The number of hydrogen-bond acceptors (Lipinski definition) is 8. The highest BCUT2D eigenvalue weighted by Gasteiger charge is 2.54. The van der Waals surface area contributed by atoms with Crippen LogP contribution in [-0.2, 0) is 29.8 Å². The normalized spacial score (nSPS) is 20.9. The first-order valence-corrected chi connectivity index (χ1v) is 13.8. The first kappa shape index (κ1) is 25.9. The number of nitrogens with zero attached hydrogens (tertiary/aromatic N) is 1. The Morgan fingerprint density at radius 1 is 1.11 bits per heavy atom. The van der Waals surface area contributed by atoms with Crippen molar-refractivity contribution < 1.29 is 40.2 Å². The summed E-state index contributed by atoms with van der Waals surface area (Å²) in [5.74, 6) is -0.679. The number of hydrogen-bond donors (Lipinski definition) is 2. The third-order valence-electron chi connectivity index (χ3n) is 6.42. The van der Waals surface area contributed by atoms with Gasteiger partial charge in [-0.25, -0.2) is 4.79 Å². The van der Waals surface area contributed by atoms with Crippen molar-refractivity contribution in [3.63, 3.8) is 0 Å². The molecule has 192 valence electrons. The second-order valence-electron chi connectivity index (χ2n) is 8.79. The van der Waals surface area contributed by atoms with Gasteiger partial charge in [0.15, 0.2) is 0 Å². The number of ether oxygens (including phenoxy) is 2. The summed E-state index contributed by atoms with van der Waals surface area (Å²) in [6, 6.07) is 8.16. The van der Waals surface area contributed by atoms with E-state index in [4.69, 9.17) is 9.47 Å². The van der Waals surface area contributed by atoms with Gasteiger partial charge in [0.1, 0.15) is 12.4 Å². The summed E-state index contributed by atoms with van der Waals surface area (Å²) in [6.45, 7) is 8.86. The zero-order valence-electron chi connectivity index (χ0n) is 19.8. The van der Waals surface area contributed by atoms with Crippen molar-refractivity contribution in [2.24, 2.45) is 0 Å². The summed E-state index contributed by atoms with van der Waals surface area (Å²) < 4.78 is 77.6. The molecule has 2 aromatic carbocycles. The van der Waals surface area contributed by atoms with Gasteiger partial charge in [-0.3, -0.25) is 9.11 Å². The van der Waals surface area contributed by atoms with E-state index in [1.54, 1.807) is 19.1 Å². The topological polar surface area (TPSA) is 148 Å². The van der Waals surface area contributed by atoms with Crippen LogP contribution in [0.15, 0.2) is 63.9 Å². The Labute approximate surface area is 209 Å². The van der Waals surface area contributed by atoms with E-state index in [9.17, 15) is 30.7 Å². The molecule has 0 fully saturated rings. The average molecular weight is 536 g/mol. The Hall–Kier alpha value is -3.19. The number of rotatable bonds is 6. The Kier molecular flexibility index (Phi) is 6.28. The zero-order chi connectivity index (χ0) is 26.6. The van der Waals surface area contributed by atoms with Crippen LogP contribution < -0.4 is 9.64 Å². The minimum absolute atomic E-state index is 0.0230. The van der Waals surface area contributed by atoms with Gasteiger partial charge < -0.3 is 14.4 Å². The van der Waals surface area contributed by atoms with E-state index in [0.29, 0.717) is 28.1 Å². The molecule has 2 aromatic rings. The largest absolute Gasteiger partial charge is 0.463 e. The van der Waals surface area contributed by atoms with Gasteiger partial charge in [0.25, 0.3) is 20.2 Å². The van der Waals surface area contributed by atoms with Crippen LogP contribution in [-0.4, -0.2) is 50.8 Å². The van der Waals surface area contributed by atoms with Crippen molar-refractivity contribution in [3.05, 3.63) is 65.3 Å². The number of carbonyl (C=O) groups is 1. The second-order valence-corrected chi connectivity index (χ2v) is 11.6. The fourth-order valence-electron chi connectivity index (χ4n) is 4.72. The Bertz CT molecular complexity index is 1530. The van der Waals surface area contributed by atoms with Gasteiger partial charge >= 0.3 is 5.97 Å². The molecule has 0 saturated heterocycles. The molecular weight excluding hydrogens is 510 g/mol. The van der Waals surface area contributed by atoms with Gasteiger partial charge in [-0.05, 0) is 67.5 Å². The van der Waals surface area contributed by atoms with Crippen LogP contribution in [0.5, 0.6) is 5.75 Å². The third kappa shape index (κ3) is 4.30. The van der Waals surface area contributed by atoms with Gasteiger partial charge in [0.05, 0.1) is 16.3 Å². The molecule has 2 aliphatic heterocycles. The van der Waals surface area contributed by atoms with Gasteiger partial charge in [0, 0.05) is 22.7 Å². The van der Waals surface area contributed by atoms with Gasteiger partial charge in [-0.2, -0.15) is 16.8 Å². The molecule has 36 heavy (non-hydrogen) atoms. The lowest BCUT2D eigenvalue weighted by atomic mass is 9.85. The van der Waals surface area contributed by atoms with E-state index in [1.165, 1.54) is 37.3 Å². The number of esters is 1. The standard InChI is InChI=1S/C24H25NO9S2/c1-14(2)23(26)33-10-9-25-21-7-5-19(36(30,31)32)13-20(21)16(4)24(25)15(3)11-17-12-18(35(27,28)29)6-8-22(17)34-24/h5-8,11-13,16H,1,9-10H2,2-4H3,(H,27,28,29)(H,30,31,32). The summed E-state index contributed by atoms with van der Waals surface area (Å²) >= 11 is 0. The van der Waals surface area contributed by atoms with E-state index in [1.807, 2.05) is 11.8 Å². The Balaban J connectivity index is 1.82. The number of carbonyl (C=O) groups excluding carboxylic acids is 1. The molecule has 0 aliphatic carbocycles. The van der Waals surface area contributed by atoms with Crippen molar-refractivity contribution in [3.8, 4) is 5.75 Å². The molecule has 0 bridgehead atoms. The van der Waals surface area contributed by atoms with Crippen molar-refractivity contribution in [2.75, 3.05) is 18.1 Å². The zero-order valence-corrected chi connectivity index (χ0v) is 21.4. The molecule has 4 rings (SSSR count). The number of benzene rings is 2. The lowest BCUT2D eigenvalue weighted by Gasteiger charge is -2.45. The molecule has 0 amide bonds. The van der Waals surface area contributed by atoms with Crippen LogP contribution in [0.2, 0.25) is 0 Å². The van der Waals surface area contributed by atoms with Crippen LogP contribution in [0.3, 0.4) is 0 Å². The first-order valence-electron chi connectivity index (χ1n) is 10.9. The third-order valence-corrected chi connectivity index (χ3v) is 8.12. The van der Waals surface area contributed by atoms with Crippen LogP contribution in [0.25, 0.3) is 6.08 Å². The summed E-state index contributed by atoms with van der Waals surface area (Å²) in [5, 5.41) is 0. The Morgan fingerprint density at radius 2 is 1.72 bits per heavy atom. The Morgan fingerprint density at radius 3 is 2.33 bits per heavy atom. The summed E-state index contributed by atoms with van der Waals surface area (Å²) in [5.41, 5.74) is 1.36. The fourth-order valence-corrected chi connectivity index (χ4v) is 5.76. The monoisotopic (exact) mass is 535 g/mol. The van der Waals surface area contributed by atoms with E-state index >= 15 is 0 Å². The highest BCUT2D eigenvalue weighted by molar-refractivity contribution is 7.86. The van der Waals surface area contributed by atoms with E-state index in [2.05, 4.69) is 6.58 Å². The van der Waals surface area contributed by atoms with Gasteiger partial charge in [-0.15, -0.1) is 0 Å². The molecule has 2 unspecified atom stereocenters. The minimum Gasteiger partial charge on any atom is -0.463 e. The molecule has 10 nitrogen and oxygen atoms in total. The second kappa shape index (κ2) is 8.73. The SMILES string of the molecule is C=C(C)C(=O)OCCN1c2ccc(S(=O)(=O)O)cc2C(C)C12Oc1ccc(S(=O)(=O)O)cc1C=C2C. The first-order chi connectivity index (χ1) is 16.7. The van der Waals surface area contributed by atoms with E-state index in [0.717, 1.165) is 0 Å². The predicted molar refractivity (Wildman–Crippen MR) is 131 cm³/mol. The maximum Gasteiger partial charge on any atom is 0.333 e. The molecule has 0 radical (unpaired) electrons. The molecule has 2 heterocycles. The maximum absolute atomic E-state index is 11.9. The van der Waals surface area contributed by atoms with Crippen molar-refractivity contribution in [1.29, 1.82) is 0 Å². The number of anilines is 1. The van der Waals surface area contributed by atoms with Crippen molar-refractivity contribution in [2.45, 2.75) is 42.2 Å². The molecule has 0 saturated carbocycles. The maximum atomic E-state index is 11.9. The highest BCUT2D eigenvalue weighted by Crippen LogP contribution is 2.54. The van der Waals surface area contributed by atoms with Crippen molar-refractivity contribution in [1.82, 2.24) is 0 Å². The van der Waals surface area contributed by atoms with E-state index < -0.39 is 37.8 Å². The lowest BCUT2D eigenvalue weighted by molar-refractivity contribution is -0.138. The van der Waals surface area contributed by atoms with Crippen molar-refractivity contribution >= 4 is 38.0 Å². The fraction of sp³-hybridized carbons (Fsp3) is 0.292. The number of fused-ring (bicyclic) bond motifs is 2. The lowest BCUT2D eigenvalue weighted by Crippen LogP contribution is -2.56. The molecular formula is C24H25NO9S2. The van der Waals surface area contributed by atoms with Gasteiger partial charge in [-0.1, -0.05) is 13.5 Å². The molecule has 2 atom stereocenters. The highest BCUT2D eigenvalue weighted by atomic mass is 32.2. The van der Waals surface area contributed by atoms with Crippen LogP contribution in [0.1, 0.15) is 37.8 Å². The molecule has 1 spiro atoms. The summed E-state index contributed by atoms with van der Waals surface area (Å²) in [7, 11) is -8.88. The van der Waals surface area contributed by atoms with Crippen LogP contribution in [0, 0.1) is 0 Å². The summed E-state index contributed by atoms with van der Waals surface area (Å²) in [4.78, 5) is 13.2. The molecule has 12 heteroatoms. The van der Waals surface area contributed by atoms with Gasteiger partial charge in [0.2, 0.25) is 5.72 Å². The smallest absolute Gasteiger partial charge is 0.333 e.